The fourth-order valence-electron chi connectivity index (χ4n) is 1.74. The van der Waals surface area contributed by atoms with Crippen molar-refractivity contribution in [3.05, 3.63) is 53.3 Å². The molecule has 0 amide bonds. The summed E-state index contributed by atoms with van der Waals surface area (Å²) in [5, 5.41) is 19.1. The monoisotopic (exact) mass is 259 g/mol. The van der Waals surface area contributed by atoms with Crippen molar-refractivity contribution in [1.29, 1.82) is 0 Å². The van der Waals surface area contributed by atoms with Crippen molar-refractivity contribution in [2.75, 3.05) is 0 Å². The summed E-state index contributed by atoms with van der Waals surface area (Å²) < 4.78 is 1.78. The number of rotatable bonds is 5. The molecular formula is C13H17N5O. The molecule has 0 fully saturated rings. The van der Waals surface area contributed by atoms with Gasteiger partial charge in [0.25, 0.3) is 0 Å². The molecule has 2 aromatic rings. The number of aromatic nitrogens is 2. The highest BCUT2D eigenvalue weighted by molar-refractivity contribution is 5.96. The Morgan fingerprint density at radius 2 is 2.05 bits per heavy atom. The molecule has 100 valence electrons. The molecule has 0 saturated carbocycles. The van der Waals surface area contributed by atoms with E-state index in [1.165, 1.54) is 0 Å². The number of amidine groups is 1. The topological polar surface area (TPSA) is 88.5 Å². The van der Waals surface area contributed by atoms with Gasteiger partial charge in [0, 0.05) is 31.9 Å². The fourth-order valence-corrected chi connectivity index (χ4v) is 1.74. The summed E-state index contributed by atoms with van der Waals surface area (Å²) in [7, 11) is 1.90. The molecule has 2 rings (SSSR count). The summed E-state index contributed by atoms with van der Waals surface area (Å²) in [4.78, 5) is 0. The van der Waals surface area contributed by atoms with Gasteiger partial charge in [-0.05, 0) is 11.6 Å². The van der Waals surface area contributed by atoms with Gasteiger partial charge in [-0.25, -0.2) is 0 Å². The second-order valence-electron chi connectivity index (χ2n) is 4.27. The second kappa shape index (κ2) is 6.01. The van der Waals surface area contributed by atoms with Crippen LogP contribution in [0.15, 0.2) is 41.7 Å². The quantitative estimate of drug-likeness (QED) is 0.321. The first-order valence-corrected chi connectivity index (χ1v) is 5.95. The summed E-state index contributed by atoms with van der Waals surface area (Å²) >= 11 is 0. The third kappa shape index (κ3) is 3.56. The normalized spacial score (nSPS) is 11.7. The van der Waals surface area contributed by atoms with E-state index in [-0.39, 0.29) is 5.84 Å². The highest BCUT2D eigenvalue weighted by Crippen LogP contribution is 2.04. The lowest BCUT2D eigenvalue weighted by Crippen LogP contribution is -2.15. The molecule has 4 N–H and O–H groups in total. The highest BCUT2D eigenvalue weighted by Gasteiger charge is 2.00. The van der Waals surface area contributed by atoms with E-state index in [2.05, 4.69) is 15.6 Å². The lowest BCUT2D eigenvalue weighted by atomic mass is 10.1. The van der Waals surface area contributed by atoms with Crippen molar-refractivity contribution in [2.45, 2.75) is 13.1 Å². The summed E-state index contributed by atoms with van der Waals surface area (Å²) in [5.41, 5.74) is 8.34. The maximum atomic E-state index is 8.57. The van der Waals surface area contributed by atoms with Crippen LogP contribution in [0, 0.1) is 0 Å². The van der Waals surface area contributed by atoms with Crippen molar-refractivity contribution in [3.63, 3.8) is 0 Å². The zero-order chi connectivity index (χ0) is 13.7. The fraction of sp³-hybridized carbons (Fsp3) is 0.231. The molecular weight excluding hydrogens is 242 g/mol. The first-order valence-electron chi connectivity index (χ1n) is 5.95. The first-order chi connectivity index (χ1) is 9.19. The predicted molar refractivity (Wildman–Crippen MR) is 72.7 cm³/mol. The van der Waals surface area contributed by atoms with Crippen LogP contribution in [0.5, 0.6) is 0 Å². The van der Waals surface area contributed by atoms with Gasteiger partial charge < -0.3 is 16.3 Å². The van der Waals surface area contributed by atoms with Crippen LogP contribution in [0.3, 0.4) is 0 Å². The zero-order valence-electron chi connectivity index (χ0n) is 10.7. The van der Waals surface area contributed by atoms with Gasteiger partial charge in [-0.15, -0.1) is 0 Å². The Balaban J connectivity index is 1.86. The van der Waals surface area contributed by atoms with Crippen LogP contribution >= 0.6 is 0 Å². The molecule has 0 aliphatic heterocycles. The lowest BCUT2D eigenvalue weighted by Gasteiger charge is -2.04. The van der Waals surface area contributed by atoms with Crippen LogP contribution in [0.25, 0.3) is 0 Å². The Hall–Kier alpha value is -2.34. The van der Waals surface area contributed by atoms with Gasteiger partial charge in [0.1, 0.15) is 0 Å². The maximum Gasteiger partial charge on any atom is 0.170 e. The van der Waals surface area contributed by atoms with Crippen LogP contribution in [-0.2, 0) is 20.1 Å². The number of nitrogens with one attached hydrogen (secondary N) is 1. The van der Waals surface area contributed by atoms with E-state index in [0.717, 1.165) is 24.3 Å². The van der Waals surface area contributed by atoms with Gasteiger partial charge in [0.05, 0.1) is 5.69 Å². The van der Waals surface area contributed by atoms with Gasteiger partial charge in [-0.1, -0.05) is 29.4 Å². The molecule has 1 heterocycles. The zero-order valence-corrected chi connectivity index (χ0v) is 10.7. The number of hydrogen-bond acceptors (Lipinski definition) is 4. The van der Waals surface area contributed by atoms with Gasteiger partial charge in [-0.3, -0.25) is 4.68 Å². The van der Waals surface area contributed by atoms with E-state index in [0.29, 0.717) is 5.56 Å². The van der Waals surface area contributed by atoms with Crippen LogP contribution < -0.4 is 11.1 Å². The number of nitrogens with zero attached hydrogens (tertiary/aromatic N) is 3. The van der Waals surface area contributed by atoms with Gasteiger partial charge in [-0.2, -0.15) is 5.10 Å². The largest absolute Gasteiger partial charge is 0.409 e. The Bertz CT molecular complexity index is 559. The standard InChI is InChI=1S/C13H17N5O/c1-18-7-6-12(16-18)9-15-8-10-2-4-11(5-3-10)13(14)17-19/h2-7,15,19H,8-9H2,1H3,(H2,14,17). The molecule has 0 aliphatic rings. The summed E-state index contributed by atoms with van der Waals surface area (Å²) in [6.07, 6.45) is 1.92. The van der Waals surface area contributed by atoms with E-state index in [9.17, 15) is 0 Å². The van der Waals surface area contributed by atoms with Crippen molar-refractivity contribution in [2.24, 2.45) is 17.9 Å². The van der Waals surface area contributed by atoms with E-state index in [4.69, 9.17) is 10.9 Å². The van der Waals surface area contributed by atoms with Crippen molar-refractivity contribution >= 4 is 5.84 Å². The molecule has 0 saturated heterocycles. The Kier molecular flexibility index (Phi) is 4.15. The Labute approximate surface area is 111 Å². The van der Waals surface area contributed by atoms with Crippen molar-refractivity contribution in [1.82, 2.24) is 15.1 Å². The molecule has 0 spiro atoms. The third-order valence-corrected chi connectivity index (χ3v) is 2.76. The molecule has 19 heavy (non-hydrogen) atoms. The van der Waals surface area contributed by atoms with Gasteiger partial charge in [0.15, 0.2) is 5.84 Å². The summed E-state index contributed by atoms with van der Waals surface area (Å²) in [5.74, 6) is 0.119. The van der Waals surface area contributed by atoms with Crippen LogP contribution in [-0.4, -0.2) is 20.8 Å². The highest BCUT2D eigenvalue weighted by atomic mass is 16.4. The number of aryl methyl sites for hydroxylation is 1. The van der Waals surface area contributed by atoms with E-state index >= 15 is 0 Å². The smallest absolute Gasteiger partial charge is 0.170 e. The number of hydrogen-bond donors (Lipinski definition) is 3. The first kappa shape index (κ1) is 13.1. The Morgan fingerprint density at radius 1 is 1.32 bits per heavy atom. The average molecular weight is 259 g/mol. The summed E-state index contributed by atoms with van der Waals surface area (Å²) in [6, 6.07) is 9.52. The lowest BCUT2D eigenvalue weighted by molar-refractivity contribution is 0.318. The SMILES string of the molecule is Cn1ccc(CNCc2ccc(/C(N)=N/O)cc2)n1. The maximum absolute atomic E-state index is 8.57. The molecule has 0 radical (unpaired) electrons. The average Bonchev–Trinajstić information content (AvgIpc) is 2.84. The molecule has 6 nitrogen and oxygen atoms in total. The number of nitrogens with two attached hydrogens (primary N) is 1. The Morgan fingerprint density at radius 3 is 2.63 bits per heavy atom. The molecule has 0 unspecified atom stereocenters. The minimum atomic E-state index is 0.119. The third-order valence-electron chi connectivity index (χ3n) is 2.76. The van der Waals surface area contributed by atoms with E-state index in [1.807, 2.05) is 43.6 Å². The molecule has 1 aromatic carbocycles. The van der Waals surface area contributed by atoms with Crippen LogP contribution in [0.2, 0.25) is 0 Å². The minimum Gasteiger partial charge on any atom is -0.409 e. The van der Waals surface area contributed by atoms with Crippen LogP contribution in [0.1, 0.15) is 16.8 Å². The predicted octanol–water partition coefficient (Wildman–Crippen LogP) is 0.804. The minimum absolute atomic E-state index is 0.119. The number of oxime groups is 1. The van der Waals surface area contributed by atoms with E-state index < -0.39 is 0 Å². The summed E-state index contributed by atoms with van der Waals surface area (Å²) in [6.45, 7) is 1.47. The van der Waals surface area contributed by atoms with Gasteiger partial charge in [0.2, 0.25) is 0 Å². The van der Waals surface area contributed by atoms with E-state index in [1.54, 1.807) is 4.68 Å². The molecule has 0 aliphatic carbocycles. The van der Waals surface area contributed by atoms with Crippen molar-refractivity contribution < 1.29 is 5.21 Å². The molecule has 6 heteroatoms. The number of benzene rings is 1. The second-order valence-corrected chi connectivity index (χ2v) is 4.27. The molecule has 0 atom stereocenters. The van der Waals surface area contributed by atoms with Crippen molar-refractivity contribution in [3.8, 4) is 0 Å². The van der Waals surface area contributed by atoms with Crippen LogP contribution in [0.4, 0.5) is 0 Å². The molecule has 0 bridgehead atoms. The molecule has 1 aromatic heterocycles. The van der Waals surface area contributed by atoms with Gasteiger partial charge >= 0.3 is 0 Å².